The lowest BCUT2D eigenvalue weighted by molar-refractivity contribution is -0.114. The van der Waals surface area contributed by atoms with Gasteiger partial charge in [-0.2, -0.15) is 0 Å². The van der Waals surface area contributed by atoms with Gasteiger partial charge >= 0.3 is 0 Å². The maximum atomic E-state index is 11.9. The van der Waals surface area contributed by atoms with Crippen molar-refractivity contribution in [3.63, 3.8) is 0 Å². The Balaban J connectivity index is 1.93. The van der Waals surface area contributed by atoms with Gasteiger partial charge in [0, 0.05) is 31.0 Å². The van der Waals surface area contributed by atoms with Crippen LogP contribution in [0.4, 0.5) is 11.4 Å². The highest BCUT2D eigenvalue weighted by atomic mass is 16.2. The van der Waals surface area contributed by atoms with Crippen LogP contribution < -0.4 is 10.6 Å². The van der Waals surface area contributed by atoms with Gasteiger partial charge in [-0.1, -0.05) is 24.3 Å². The zero-order valence-corrected chi connectivity index (χ0v) is 12.7. The minimum atomic E-state index is -0.143. The van der Waals surface area contributed by atoms with Gasteiger partial charge in [0.2, 0.25) is 5.91 Å². The molecule has 2 aromatic carbocycles. The summed E-state index contributed by atoms with van der Waals surface area (Å²) in [6, 6.07) is 16.4. The molecular formula is C17H19N3O2. The Morgan fingerprint density at radius 2 is 1.64 bits per heavy atom. The Morgan fingerprint density at radius 3 is 2.32 bits per heavy atom. The molecule has 2 amide bonds. The number of para-hydroxylation sites is 1. The van der Waals surface area contributed by atoms with E-state index in [4.69, 9.17) is 0 Å². The molecule has 5 nitrogen and oxygen atoms in total. The second kappa shape index (κ2) is 7.26. The second-order valence-electron chi connectivity index (χ2n) is 5.05. The quantitative estimate of drug-likeness (QED) is 0.891. The normalized spacial score (nSPS) is 9.91. The van der Waals surface area contributed by atoms with E-state index in [1.54, 1.807) is 32.3 Å². The van der Waals surface area contributed by atoms with Crippen LogP contribution in [0.2, 0.25) is 0 Å². The van der Waals surface area contributed by atoms with Crippen LogP contribution >= 0.6 is 0 Å². The molecule has 0 radical (unpaired) electrons. The van der Waals surface area contributed by atoms with Crippen molar-refractivity contribution in [3.8, 4) is 0 Å². The molecule has 0 aliphatic carbocycles. The van der Waals surface area contributed by atoms with Crippen LogP contribution in [0.5, 0.6) is 0 Å². The lowest BCUT2D eigenvalue weighted by Gasteiger charge is -2.12. The third kappa shape index (κ3) is 4.34. The summed E-state index contributed by atoms with van der Waals surface area (Å²) >= 11 is 0. The maximum Gasteiger partial charge on any atom is 0.253 e. The van der Waals surface area contributed by atoms with E-state index < -0.39 is 0 Å². The predicted octanol–water partition coefficient (Wildman–Crippen LogP) is 2.44. The molecule has 0 aliphatic heterocycles. The van der Waals surface area contributed by atoms with Crippen LogP contribution in [0.1, 0.15) is 10.4 Å². The molecule has 0 heterocycles. The molecule has 0 unspecified atom stereocenters. The van der Waals surface area contributed by atoms with E-state index >= 15 is 0 Å². The first kappa shape index (κ1) is 15.6. The molecule has 2 N–H and O–H groups in total. The van der Waals surface area contributed by atoms with Gasteiger partial charge in [0.05, 0.1) is 6.54 Å². The molecule has 114 valence electrons. The minimum absolute atomic E-state index is 0.0719. The van der Waals surface area contributed by atoms with E-state index in [1.807, 2.05) is 36.4 Å². The van der Waals surface area contributed by atoms with Crippen LogP contribution in [0.25, 0.3) is 0 Å². The first-order chi connectivity index (χ1) is 10.6. The number of nitrogens with one attached hydrogen (secondary N) is 2. The van der Waals surface area contributed by atoms with E-state index in [9.17, 15) is 9.59 Å². The average molecular weight is 297 g/mol. The Bertz CT molecular complexity index is 654. The van der Waals surface area contributed by atoms with Gasteiger partial charge in [-0.05, 0) is 30.3 Å². The van der Waals surface area contributed by atoms with E-state index in [0.717, 1.165) is 11.4 Å². The standard InChI is InChI=1S/C17H19N3O2/c1-20(2)17(22)13-7-6-10-15(11-13)18-12-16(21)19-14-8-4-3-5-9-14/h3-11,18H,12H2,1-2H3,(H,19,21). The number of carbonyl (C=O) groups is 2. The lowest BCUT2D eigenvalue weighted by atomic mass is 10.2. The molecule has 0 saturated heterocycles. The van der Waals surface area contributed by atoms with Crippen molar-refractivity contribution >= 4 is 23.2 Å². The first-order valence-electron chi connectivity index (χ1n) is 6.97. The van der Waals surface area contributed by atoms with E-state index in [-0.39, 0.29) is 18.4 Å². The van der Waals surface area contributed by atoms with Gasteiger partial charge < -0.3 is 15.5 Å². The molecule has 0 aliphatic rings. The molecule has 0 aromatic heterocycles. The Kier molecular flexibility index (Phi) is 5.14. The highest BCUT2D eigenvalue weighted by Crippen LogP contribution is 2.12. The summed E-state index contributed by atoms with van der Waals surface area (Å²) in [4.78, 5) is 25.3. The molecule has 0 atom stereocenters. The third-order valence-electron chi connectivity index (χ3n) is 3.03. The van der Waals surface area contributed by atoms with Gasteiger partial charge in [-0.25, -0.2) is 0 Å². The van der Waals surface area contributed by atoms with Crippen molar-refractivity contribution in [2.75, 3.05) is 31.3 Å². The van der Waals surface area contributed by atoms with Crippen molar-refractivity contribution in [3.05, 3.63) is 60.2 Å². The van der Waals surface area contributed by atoms with Crippen LogP contribution in [0.3, 0.4) is 0 Å². The first-order valence-corrected chi connectivity index (χ1v) is 6.97. The number of hydrogen-bond donors (Lipinski definition) is 2. The molecular weight excluding hydrogens is 278 g/mol. The zero-order valence-electron chi connectivity index (χ0n) is 12.7. The summed E-state index contributed by atoms with van der Waals surface area (Å²) in [6.45, 7) is 0.133. The fourth-order valence-electron chi connectivity index (χ4n) is 1.93. The number of amides is 2. The largest absolute Gasteiger partial charge is 0.376 e. The van der Waals surface area contributed by atoms with Crippen molar-refractivity contribution in [1.29, 1.82) is 0 Å². The third-order valence-corrected chi connectivity index (χ3v) is 3.03. The number of nitrogens with zero attached hydrogens (tertiary/aromatic N) is 1. The van der Waals surface area contributed by atoms with Crippen LogP contribution in [-0.4, -0.2) is 37.4 Å². The highest BCUT2D eigenvalue weighted by molar-refractivity contribution is 5.96. The number of benzene rings is 2. The average Bonchev–Trinajstić information content (AvgIpc) is 2.53. The molecule has 5 heteroatoms. The van der Waals surface area contributed by atoms with Gasteiger partial charge in [0.1, 0.15) is 0 Å². The molecule has 2 rings (SSSR count). The summed E-state index contributed by atoms with van der Waals surface area (Å²) < 4.78 is 0. The topological polar surface area (TPSA) is 61.4 Å². The number of hydrogen-bond acceptors (Lipinski definition) is 3. The zero-order chi connectivity index (χ0) is 15.9. The van der Waals surface area contributed by atoms with Crippen LogP contribution in [-0.2, 0) is 4.79 Å². The van der Waals surface area contributed by atoms with Crippen LogP contribution in [0, 0.1) is 0 Å². The smallest absolute Gasteiger partial charge is 0.253 e. The van der Waals surface area contributed by atoms with E-state index in [2.05, 4.69) is 10.6 Å². The van der Waals surface area contributed by atoms with Crippen LogP contribution in [0.15, 0.2) is 54.6 Å². The van der Waals surface area contributed by atoms with Crippen molar-refractivity contribution in [2.45, 2.75) is 0 Å². The Morgan fingerprint density at radius 1 is 0.955 bits per heavy atom. The predicted molar refractivity (Wildman–Crippen MR) is 88.0 cm³/mol. The molecule has 0 spiro atoms. The second-order valence-corrected chi connectivity index (χ2v) is 5.05. The van der Waals surface area contributed by atoms with Crippen molar-refractivity contribution in [2.24, 2.45) is 0 Å². The molecule has 2 aromatic rings. The monoisotopic (exact) mass is 297 g/mol. The van der Waals surface area contributed by atoms with Crippen molar-refractivity contribution in [1.82, 2.24) is 4.90 Å². The van der Waals surface area contributed by atoms with E-state index in [1.165, 1.54) is 4.90 Å². The summed E-state index contributed by atoms with van der Waals surface area (Å²) in [5, 5.41) is 5.81. The number of carbonyl (C=O) groups excluding carboxylic acids is 2. The van der Waals surface area contributed by atoms with Gasteiger partial charge in [-0.3, -0.25) is 9.59 Å². The van der Waals surface area contributed by atoms with E-state index in [0.29, 0.717) is 5.56 Å². The molecule has 0 saturated carbocycles. The molecule has 0 bridgehead atoms. The SMILES string of the molecule is CN(C)C(=O)c1cccc(NCC(=O)Nc2ccccc2)c1. The summed E-state index contributed by atoms with van der Waals surface area (Å²) in [5.41, 5.74) is 2.07. The van der Waals surface area contributed by atoms with Gasteiger partial charge in [-0.15, -0.1) is 0 Å². The van der Waals surface area contributed by atoms with Crippen molar-refractivity contribution < 1.29 is 9.59 Å². The summed E-state index contributed by atoms with van der Waals surface area (Å²) in [5.74, 6) is -0.215. The fourth-order valence-corrected chi connectivity index (χ4v) is 1.93. The minimum Gasteiger partial charge on any atom is -0.376 e. The Hall–Kier alpha value is -2.82. The van der Waals surface area contributed by atoms with Gasteiger partial charge in [0.15, 0.2) is 0 Å². The summed E-state index contributed by atoms with van der Waals surface area (Å²) in [7, 11) is 3.41. The fraction of sp³-hybridized carbons (Fsp3) is 0.176. The number of anilines is 2. The molecule has 22 heavy (non-hydrogen) atoms. The highest BCUT2D eigenvalue weighted by Gasteiger charge is 2.08. The Labute approximate surface area is 129 Å². The molecule has 0 fully saturated rings. The summed E-state index contributed by atoms with van der Waals surface area (Å²) in [6.07, 6.45) is 0. The lowest BCUT2D eigenvalue weighted by Crippen LogP contribution is -2.23. The maximum absolute atomic E-state index is 11.9. The number of rotatable bonds is 5. The van der Waals surface area contributed by atoms with Gasteiger partial charge in [0.25, 0.3) is 5.91 Å².